The van der Waals surface area contributed by atoms with Crippen molar-refractivity contribution >= 4 is 0 Å². The molecule has 2 aliphatic heterocycles. The van der Waals surface area contributed by atoms with Crippen LogP contribution in [0.3, 0.4) is 0 Å². The molecule has 84 valence electrons. The summed E-state index contributed by atoms with van der Waals surface area (Å²) in [6, 6.07) is 0. The Labute approximate surface area is 92.4 Å². The lowest BCUT2D eigenvalue weighted by Crippen LogP contribution is -3.00. The zero-order chi connectivity index (χ0) is 9.31. The molecule has 0 aliphatic carbocycles. The van der Waals surface area contributed by atoms with E-state index in [1.807, 2.05) is 0 Å². The van der Waals surface area contributed by atoms with Crippen LogP contribution in [0, 0.1) is 0 Å². The summed E-state index contributed by atoms with van der Waals surface area (Å²) in [6.45, 7) is 10.9. The molecule has 0 aromatic carbocycles. The van der Waals surface area contributed by atoms with Crippen LogP contribution in [0.1, 0.15) is 13.8 Å². The molecule has 14 heavy (non-hydrogen) atoms. The fourth-order valence-corrected chi connectivity index (χ4v) is 2.74. The van der Waals surface area contributed by atoms with Crippen LogP contribution in [0.15, 0.2) is 0 Å². The van der Waals surface area contributed by atoms with Crippen molar-refractivity contribution in [3.05, 3.63) is 0 Å². The second kappa shape index (κ2) is 4.79. The number of quaternary nitrogens is 1. The fourth-order valence-electron chi connectivity index (χ4n) is 2.74. The standard InChI is InChI=1S/C10H20NO2.ClH/c1-9-7-11(8-10(2)13-9)3-5-12-6-4-11;/h9-10H,3-8H2,1-2H3;1H/q+1;/p-1. The van der Waals surface area contributed by atoms with Gasteiger partial charge in [-0.2, -0.15) is 0 Å². The zero-order valence-electron chi connectivity index (χ0n) is 9.04. The maximum absolute atomic E-state index is 5.76. The second-order valence-corrected chi connectivity index (χ2v) is 4.52. The highest BCUT2D eigenvalue weighted by molar-refractivity contribution is 4.65. The molecule has 2 saturated heterocycles. The largest absolute Gasteiger partial charge is 1.00 e. The summed E-state index contributed by atoms with van der Waals surface area (Å²) < 4.78 is 12.4. The Balaban J connectivity index is 0.000000980. The van der Waals surface area contributed by atoms with Gasteiger partial charge in [-0.15, -0.1) is 0 Å². The summed E-state index contributed by atoms with van der Waals surface area (Å²) >= 11 is 0. The molecular weight excluding hydrogens is 202 g/mol. The van der Waals surface area contributed by atoms with Gasteiger partial charge in [-0.1, -0.05) is 0 Å². The molecule has 3 nitrogen and oxygen atoms in total. The molecule has 2 aliphatic rings. The first kappa shape index (κ1) is 12.2. The number of rotatable bonds is 0. The third-order valence-corrected chi connectivity index (χ3v) is 3.17. The van der Waals surface area contributed by atoms with E-state index in [1.165, 1.54) is 30.7 Å². The lowest BCUT2D eigenvalue weighted by molar-refractivity contribution is -0.947. The van der Waals surface area contributed by atoms with Crippen LogP contribution < -0.4 is 12.4 Å². The van der Waals surface area contributed by atoms with Crippen LogP contribution in [-0.4, -0.2) is 56.1 Å². The molecule has 0 saturated carbocycles. The van der Waals surface area contributed by atoms with E-state index in [1.54, 1.807) is 0 Å². The van der Waals surface area contributed by atoms with Crippen LogP contribution in [0.5, 0.6) is 0 Å². The van der Waals surface area contributed by atoms with E-state index in [9.17, 15) is 0 Å². The SMILES string of the molecule is CC1C[N+]2(CCOCC2)CC(C)O1.[Cl-]. The maximum Gasteiger partial charge on any atom is 0.105 e. The van der Waals surface area contributed by atoms with E-state index in [0.717, 1.165) is 13.2 Å². The lowest BCUT2D eigenvalue weighted by atomic mass is 10.1. The molecule has 2 rings (SSSR count). The predicted octanol–water partition coefficient (Wildman–Crippen LogP) is -2.36. The molecule has 4 heteroatoms. The van der Waals surface area contributed by atoms with Crippen LogP contribution in [0.4, 0.5) is 0 Å². The second-order valence-electron chi connectivity index (χ2n) is 4.52. The Hall–Kier alpha value is 0.170. The third-order valence-electron chi connectivity index (χ3n) is 3.17. The van der Waals surface area contributed by atoms with Crippen molar-refractivity contribution < 1.29 is 26.4 Å². The highest BCUT2D eigenvalue weighted by atomic mass is 35.5. The Morgan fingerprint density at radius 3 is 2.00 bits per heavy atom. The van der Waals surface area contributed by atoms with E-state index in [-0.39, 0.29) is 12.4 Å². The lowest BCUT2D eigenvalue weighted by Gasteiger charge is -2.47. The van der Waals surface area contributed by atoms with Gasteiger partial charge < -0.3 is 26.4 Å². The molecular formula is C10H20ClNO2. The average Bonchev–Trinajstić information content (AvgIpc) is 2.02. The minimum absolute atomic E-state index is 0. The topological polar surface area (TPSA) is 18.5 Å². The van der Waals surface area contributed by atoms with Crippen molar-refractivity contribution in [2.75, 3.05) is 39.4 Å². The number of ether oxygens (including phenoxy) is 2. The predicted molar refractivity (Wildman–Crippen MR) is 50.6 cm³/mol. The number of morpholine rings is 2. The molecule has 0 bridgehead atoms. The molecule has 2 heterocycles. The summed E-state index contributed by atoms with van der Waals surface area (Å²) in [7, 11) is 0. The van der Waals surface area contributed by atoms with Crippen molar-refractivity contribution in [2.45, 2.75) is 26.1 Å². The van der Waals surface area contributed by atoms with E-state index >= 15 is 0 Å². The van der Waals surface area contributed by atoms with Crippen molar-refractivity contribution in [3.8, 4) is 0 Å². The summed E-state index contributed by atoms with van der Waals surface area (Å²) in [6.07, 6.45) is 0.837. The van der Waals surface area contributed by atoms with Crippen LogP contribution >= 0.6 is 0 Å². The van der Waals surface area contributed by atoms with E-state index < -0.39 is 0 Å². The first-order valence-electron chi connectivity index (χ1n) is 5.28. The van der Waals surface area contributed by atoms with E-state index in [0.29, 0.717) is 12.2 Å². The quantitative estimate of drug-likeness (QED) is 0.427. The number of hydrogen-bond acceptors (Lipinski definition) is 2. The first-order valence-corrected chi connectivity index (χ1v) is 5.28. The monoisotopic (exact) mass is 221 g/mol. The Bertz CT molecular complexity index is 171. The van der Waals surface area contributed by atoms with Gasteiger partial charge in [0.2, 0.25) is 0 Å². The summed E-state index contributed by atoms with van der Waals surface area (Å²) in [5.41, 5.74) is 0. The molecule has 0 aromatic heterocycles. The first-order chi connectivity index (χ1) is 6.20. The third kappa shape index (κ3) is 2.60. The van der Waals surface area contributed by atoms with Gasteiger partial charge in [-0.25, -0.2) is 0 Å². The number of nitrogens with zero attached hydrogens (tertiary/aromatic N) is 1. The Kier molecular flexibility index (Phi) is 4.19. The molecule has 2 fully saturated rings. The fraction of sp³-hybridized carbons (Fsp3) is 1.00. The number of halogens is 1. The van der Waals surface area contributed by atoms with Gasteiger partial charge in [0.05, 0.1) is 13.2 Å². The molecule has 2 unspecified atom stereocenters. The normalized spacial score (nSPS) is 36.4. The zero-order valence-corrected chi connectivity index (χ0v) is 9.79. The summed E-state index contributed by atoms with van der Waals surface area (Å²) in [5.74, 6) is 0. The summed E-state index contributed by atoms with van der Waals surface area (Å²) in [4.78, 5) is 0. The van der Waals surface area contributed by atoms with Crippen molar-refractivity contribution in [3.63, 3.8) is 0 Å². The van der Waals surface area contributed by atoms with Crippen molar-refractivity contribution in [2.24, 2.45) is 0 Å². The molecule has 0 amide bonds. The van der Waals surface area contributed by atoms with Crippen molar-refractivity contribution in [1.29, 1.82) is 0 Å². The molecule has 0 N–H and O–H groups in total. The highest BCUT2D eigenvalue weighted by Gasteiger charge is 2.38. The van der Waals surface area contributed by atoms with E-state index in [4.69, 9.17) is 9.47 Å². The minimum Gasteiger partial charge on any atom is -1.00 e. The Morgan fingerprint density at radius 1 is 1.00 bits per heavy atom. The summed E-state index contributed by atoms with van der Waals surface area (Å²) in [5, 5.41) is 0. The molecule has 1 spiro atoms. The highest BCUT2D eigenvalue weighted by Crippen LogP contribution is 2.21. The number of hydrogen-bond donors (Lipinski definition) is 0. The van der Waals surface area contributed by atoms with Gasteiger partial charge in [-0.3, -0.25) is 0 Å². The van der Waals surface area contributed by atoms with Gasteiger partial charge in [0.15, 0.2) is 0 Å². The molecule has 2 atom stereocenters. The van der Waals surface area contributed by atoms with Gasteiger partial charge >= 0.3 is 0 Å². The van der Waals surface area contributed by atoms with Gasteiger partial charge in [-0.05, 0) is 13.8 Å². The maximum atomic E-state index is 5.76. The Morgan fingerprint density at radius 2 is 1.50 bits per heavy atom. The minimum atomic E-state index is 0. The molecule has 0 aromatic rings. The van der Waals surface area contributed by atoms with Gasteiger partial charge in [0.25, 0.3) is 0 Å². The van der Waals surface area contributed by atoms with Crippen LogP contribution in [-0.2, 0) is 9.47 Å². The van der Waals surface area contributed by atoms with Gasteiger partial charge in [0, 0.05) is 0 Å². The smallest absolute Gasteiger partial charge is 0.105 e. The van der Waals surface area contributed by atoms with Crippen LogP contribution in [0.25, 0.3) is 0 Å². The van der Waals surface area contributed by atoms with Crippen molar-refractivity contribution in [1.82, 2.24) is 0 Å². The average molecular weight is 222 g/mol. The van der Waals surface area contributed by atoms with E-state index in [2.05, 4.69) is 13.8 Å². The van der Waals surface area contributed by atoms with Crippen LogP contribution in [0.2, 0.25) is 0 Å². The van der Waals surface area contributed by atoms with Gasteiger partial charge in [0.1, 0.15) is 38.4 Å². The molecule has 0 radical (unpaired) electrons.